The first-order valence-corrected chi connectivity index (χ1v) is 24.7. The van der Waals surface area contributed by atoms with E-state index in [1.54, 1.807) is 0 Å². The summed E-state index contributed by atoms with van der Waals surface area (Å²) in [5, 5.41) is 7.34. The average Bonchev–Trinajstić information content (AvgIpc) is 3.45. The van der Waals surface area contributed by atoms with E-state index in [0.29, 0.717) is 0 Å². The molecule has 0 fully saturated rings. The highest BCUT2D eigenvalue weighted by Crippen LogP contribution is 2.47. The molecule has 0 atom stereocenters. The van der Waals surface area contributed by atoms with E-state index in [4.69, 9.17) is 0 Å². The van der Waals surface area contributed by atoms with Crippen LogP contribution in [-0.2, 0) is 0 Å². The van der Waals surface area contributed by atoms with Gasteiger partial charge in [-0.15, -0.1) is 0 Å². The van der Waals surface area contributed by atoms with Crippen LogP contribution in [0.2, 0.25) is 0 Å². The Morgan fingerprint density at radius 1 is 0.208 bits per heavy atom. The van der Waals surface area contributed by atoms with E-state index in [1.165, 1.54) is 65.7 Å². The summed E-state index contributed by atoms with van der Waals surface area (Å²) in [4.78, 5) is 4.67. The van der Waals surface area contributed by atoms with Gasteiger partial charge in [0.05, 0.1) is 0 Å². The second kappa shape index (κ2) is 19.8. The third-order valence-electron chi connectivity index (χ3n) is 13.6. The first-order chi connectivity index (χ1) is 35.7. The largest absolute Gasteiger partial charge is 0.311 e. The van der Waals surface area contributed by atoms with Crippen molar-refractivity contribution in [3.8, 4) is 22.3 Å². The first-order valence-electron chi connectivity index (χ1n) is 24.7. The first kappa shape index (κ1) is 43.8. The van der Waals surface area contributed by atoms with Gasteiger partial charge in [0, 0.05) is 34.1 Å². The van der Waals surface area contributed by atoms with E-state index in [0.717, 1.165) is 45.3 Å². The molecule has 72 heavy (non-hydrogen) atoms. The lowest BCUT2D eigenvalue weighted by Crippen LogP contribution is -2.09. The highest BCUT2D eigenvalue weighted by atomic mass is 15.1. The van der Waals surface area contributed by atoms with Crippen LogP contribution in [-0.4, -0.2) is 0 Å². The molecule has 0 unspecified atom stereocenters. The SMILES string of the molecule is C(=Cc1ccc(N(c2ccc(/C=C\c3ccccc3)cc2)c2ccc(-c3c4ccccc4c(-c4ccc(N(c5ccccc5)c5ccccc5)cc4)c4cc5ccccc5cc34)cc2)cc1)c1ccccc1. The van der Waals surface area contributed by atoms with E-state index in [9.17, 15) is 0 Å². The maximum absolute atomic E-state index is 2.40. The van der Waals surface area contributed by atoms with E-state index < -0.39 is 0 Å². The van der Waals surface area contributed by atoms with Crippen LogP contribution in [0.15, 0.2) is 279 Å². The van der Waals surface area contributed by atoms with Gasteiger partial charge in [0.2, 0.25) is 0 Å². The molecule has 0 saturated carbocycles. The summed E-state index contributed by atoms with van der Waals surface area (Å²) in [6.45, 7) is 0. The number of benzene rings is 12. The van der Waals surface area contributed by atoms with E-state index in [1.807, 2.05) is 0 Å². The average molecular weight is 919 g/mol. The van der Waals surface area contributed by atoms with Gasteiger partial charge in [0.15, 0.2) is 0 Å². The predicted octanol–water partition coefficient (Wildman–Crippen LogP) is 19.8. The summed E-state index contributed by atoms with van der Waals surface area (Å²) < 4.78 is 0. The van der Waals surface area contributed by atoms with Crippen LogP contribution in [0.3, 0.4) is 0 Å². The number of nitrogens with zero attached hydrogens (tertiary/aromatic N) is 2. The molecule has 0 amide bonds. The number of hydrogen-bond acceptors (Lipinski definition) is 2. The Hall–Kier alpha value is -9.50. The van der Waals surface area contributed by atoms with Gasteiger partial charge in [-0.05, 0) is 162 Å². The Morgan fingerprint density at radius 2 is 0.472 bits per heavy atom. The molecule has 0 bridgehead atoms. The summed E-state index contributed by atoms with van der Waals surface area (Å²) >= 11 is 0. The molecule has 2 nitrogen and oxygen atoms in total. The molecule has 12 rings (SSSR count). The molecule has 0 N–H and O–H groups in total. The Kier molecular flexibility index (Phi) is 12.1. The van der Waals surface area contributed by atoms with Crippen LogP contribution in [0.1, 0.15) is 22.3 Å². The van der Waals surface area contributed by atoms with Crippen LogP contribution < -0.4 is 9.80 Å². The zero-order chi connectivity index (χ0) is 48.1. The molecule has 0 aliphatic heterocycles. The van der Waals surface area contributed by atoms with Gasteiger partial charge in [-0.1, -0.05) is 218 Å². The molecule has 2 heteroatoms. The molecule has 12 aromatic carbocycles. The second-order valence-corrected chi connectivity index (χ2v) is 18.1. The summed E-state index contributed by atoms with van der Waals surface area (Å²) in [6, 6.07) is 101. The van der Waals surface area contributed by atoms with E-state index in [2.05, 4.69) is 313 Å². The fraction of sp³-hybridized carbons (Fsp3) is 0. The highest BCUT2D eigenvalue weighted by Gasteiger charge is 2.20. The number of rotatable bonds is 12. The van der Waals surface area contributed by atoms with Crippen LogP contribution in [0, 0.1) is 0 Å². The standard InChI is InChI=1S/C70H50N2/c1-5-17-51(18-6-1)29-31-53-33-41-61(42-34-53)72(62-43-35-54(36-44-62)32-30-52-19-7-2-8-20-52)64-47-39-56(40-48-64)70-66-28-16-15-27-65(66)69(67-49-57-21-13-14-22-58(57)50-68(67)70)55-37-45-63(46-38-55)71(59-23-9-3-10-24-59)60-25-11-4-12-26-60/h1-50H/b31-29-,32-30?. The van der Waals surface area contributed by atoms with Crippen LogP contribution in [0.25, 0.3) is 78.9 Å². The van der Waals surface area contributed by atoms with Crippen LogP contribution >= 0.6 is 0 Å². The fourth-order valence-corrected chi connectivity index (χ4v) is 10.1. The minimum atomic E-state index is 1.08. The van der Waals surface area contributed by atoms with Crippen molar-refractivity contribution in [1.82, 2.24) is 0 Å². The van der Waals surface area contributed by atoms with Crippen molar-refractivity contribution in [1.29, 1.82) is 0 Å². The van der Waals surface area contributed by atoms with Gasteiger partial charge in [0.25, 0.3) is 0 Å². The van der Waals surface area contributed by atoms with Crippen molar-refractivity contribution in [2.75, 3.05) is 9.80 Å². The van der Waals surface area contributed by atoms with Gasteiger partial charge >= 0.3 is 0 Å². The van der Waals surface area contributed by atoms with Crippen molar-refractivity contribution < 1.29 is 0 Å². The third kappa shape index (κ3) is 8.97. The van der Waals surface area contributed by atoms with Crippen molar-refractivity contribution in [3.05, 3.63) is 301 Å². The van der Waals surface area contributed by atoms with Gasteiger partial charge in [0.1, 0.15) is 0 Å². The Balaban J connectivity index is 0.958. The topological polar surface area (TPSA) is 6.48 Å². The second-order valence-electron chi connectivity index (χ2n) is 18.1. The van der Waals surface area contributed by atoms with Crippen molar-refractivity contribution in [3.63, 3.8) is 0 Å². The Morgan fingerprint density at radius 3 is 0.819 bits per heavy atom. The molecular formula is C70H50N2. The molecule has 0 spiro atoms. The predicted molar refractivity (Wildman–Crippen MR) is 310 cm³/mol. The Bertz CT molecular complexity index is 3710. The fourth-order valence-electron chi connectivity index (χ4n) is 10.1. The maximum atomic E-state index is 2.40. The molecule has 0 aliphatic carbocycles. The minimum absolute atomic E-state index is 1.08. The number of anilines is 6. The quantitative estimate of drug-likeness (QED) is 0.0890. The van der Waals surface area contributed by atoms with Crippen molar-refractivity contribution in [2.24, 2.45) is 0 Å². The zero-order valence-corrected chi connectivity index (χ0v) is 39.8. The van der Waals surface area contributed by atoms with Gasteiger partial charge in [-0.3, -0.25) is 0 Å². The number of hydrogen-bond donors (Lipinski definition) is 0. The van der Waals surface area contributed by atoms with E-state index >= 15 is 0 Å². The lowest BCUT2D eigenvalue weighted by Gasteiger charge is -2.26. The smallest absolute Gasteiger partial charge is 0.0462 e. The lowest BCUT2D eigenvalue weighted by molar-refractivity contribution is 1.28. The van der Waals surface area contributed by atoms with Gasteiger partial charge in [-0.2, -0.15) is 0 Å². The molecule has 0 heterocycles. The number of fused-ring (bicyclic) bond motifs is 3. The molecule has 0 radical (unpaired) electrons. The monoisotopic (exact) mass is 918 g/mol. The van der Waals surface area contributed by atoms with Gasteiger partial charge in [-0.25, -0.2) is 0 Å². The molecule has 0 saturated heterocycles. The minimum Gasteiger partial charge on any atom is -0.311 e. The Labute approximate surface area is 422 Å². The molecule has 0 aliphatic rings. The zero-order valence-electron chi connectivity index (χ0n) is 39.8. The molecule has 12 aromatic rings. The number of para-hydroxylation sites is 2. The summed E-state index contributed by atoms with van der Waals surface area (Å²) in [6.07, 6.45) is 8.68. The van der Waals surface area contributed by atoms with Crippen molar-refractivity contribution >= 4 is 90.7 Å². The lowest BCUT2D eigenvalue weighted by atomic mass is 9.85. The summed E-state index contributed by atoms with van der Waals surface area (Å²) in [5.41, 5.74) is 16.0. The molecule has 340 valence electrons. The third-order valence-corrected chi connectivity index (χ3v) is 13.6. The van der Waals surface area contributed by atoms with Crippen LogP contribution in [0.5, 0.6) is 0 Å². The van der Waals surface area contributed by atoms with Crippen molar-refractivity contribution in [2.45, 2.75) is 0 Å². The molecule has 0 aromatic heterocycles. The van der Waals surface area contributed by atoms with Gasteiger partial charge < -0.3 is 9.80 Å². The summed E-state index contributed by atoms with van der Waals surface area (Å²) in [5.74, 6) is 0. The molecular weight excluding hydrogens is 869 g/mol. The summed E-state index contributed by atoms with van der Waals surface area (Å²) in [7, 11) is 0. The maximum Gasteiger partial charge on any atom is 0.0462 e. The van der Waals surface area contributed by atoms with Crippen LogP contribution in [0.4, 0.5) is 34.1 Å². The van der Waals surface area contributed by atoms with E-state index in [-0.39, 0.29) is 0 Å². The normalized spacial score (nSPS) is 11.5. The highest BCUT2D eigenvalue weighted by molar-refractivity contribution is 6.23.